The summed E-state index contributed by atoms with van der Waals surface area (Å²) in [6.45, 7) is 7.08. The van der Waals surface area contributed by atoms with Gasteiger partial charge in [-0.2, -0.15) is 5.43 Å². The monoisotopic (exact) mass is 211 g/mol. The predicted molar refractivity (Wildman–Crippen MR) is 66.3 cm³/mol. The van der Waals surface area contributed by atoms with Crippen molar-refractivity contribution in [1.82, 2.24) is 5.43 Å². The minimum absolute atomic E-state index is 0.545. The fourth-order valence-electron chi connectivity index (χ4n) is 2.49. The van der Waals surface area contributed by atoms with Crippen molar-refractivity contribution in [3.05, 3.63) is 0 Å². The smallest absolute Gasteiger partial charge is 0.171 e. The summed E-state index contributed by atoms with van der Waals surface area (Å²) in [7, 11) is 2.08. The first-order valence-electron chi connectivity index (χ1n) is 6.36. The predicted octanol–water partition coefficient (Wildman–Crippen LogP) is 2.97. The lowest BCUT2D eigenvalue weighted by molar-refractivity contribution is -0.552. The van der Waals surface area contributed by atoms with Gasteiger partial charge in [0.1, 0.15) is 0 Å². The zero-order chi connectivity index (χ0) is 11.3. The minimum Gasteiger partial charge on any atom is -0.195 e. The molecular formula is C13H27N2+. The molecule has 0 saturated carbocycles. The van der Waals surface area contributed by atoms with Crippen molar-refractivity contribution in [3.63, 3.8) is 0 Å². The Morgan fingerprint density at radius 3 is 2.67 bits per heavy atom. The van der Waals surface area contributed by atoms with Crippen LogP contribution in [0.15, 0.2) is 0 Å². The average Bonchev–Trinajstić information content (AvgIpc) is 2.51. The fraction of sp³-hybridized carbons (Fsp3) is 0.923. The Bertz CT molecular complexity index is 219. The number of nitrogens with zero attached hydrogens (tertiary/aromatic N) is 1. The molecule has 0 saturated heterocycles. The van der Waals surface area contributed by atoms with Gasteiger partial charge in [0, 0.05) is 0 Å². The summed E-state index contributed by atoms with van der Waals surface area (Å²) in [5, 5.41) is 0. The molecule has 1 rings (SSSR count). The molecule has 0 spiro atoms. The van der Waals surface area contributed by atoms with E-state index < -0.39 is 0 Å². The first-order chi connectivity index (χ1) is 7.03. The molecule has 0 aromatic heterocycles. The summed E-state index contributed by atoms with van der Waals surface area (Å²) in [6.07, 6.45) is 10.1. The van der Waals surface area contributed by atoms with E-state index in [4.69, 9.17) is 0 Å². The van der Waals surface area contributed by atoms with Crippen LogP contribution >= 0.6 is 0 Å². The van der Waals surface area contributed by atoms with Gasteiger partial charge >= 0.3 is 0 Å². The van der Waals surface area contributed by atoms with E-state index in [1.807, 2.05) is 0 Å². The van der Waals surface area contributed by atoms with Crippen LogP contribution in [-0.4, -0.2) is 24.0 Å². The quantitative estimate of drug-likeness (QED) is 0.668. The second-order valence-corrected chi connectivity index (χ2v) is 5.66. The highest BCUT2D eigenvalue weighted by molar-refractivity contribution is 5.53. The maximum absolute atomic E-state index is 3.45. The second-order valence-electron chi connectivity index (χ2n) is 5.66. The van der Waals surface area contributed by atoms with E-state index in [1.54, 1.807) is 0 Å². The van der Waals surface area contributed by atoms with Gasteiger partial charge in [-0.1, -0.05) is 33.6 Å². The van der Waals surface area contributed by atoms with E-state index in [9.17, 15) is 0 Å². The number of hydrogen-bond acceptors (Lipinski definition) is 1. The van der Waals surface area contributed by atoms with Crippen LogP contribution in [-0.2, 0) is 0 Å². The highest BCUT2D eigenvalue weighted by Crippen LogP contribution is 2.29. The third-order valence-electron chi connectivity index (χ3n) is 3.38. The third kappa shape index (κ3) is 4.67. The Labute approximate surface area is 94.7 Å². The Morgan fingerprint density at radius 1 is 1.40 bits per heavy atom. The van der Waals surface area contributed by atoms with Crippen molar-refractivity contribution >= 4 is 6.21 Å². The second kappa shape index (κ2) is 5.53. The molecule has 0 aromatic rings. The van der Waals surface area contributed by atoms with Crippen LogP contribution in [0.5, 0.6) is 0 Å². The molecule has 1 unspecified atom stereocenters. The Hall–Kier alpha value is -0.530. The molecule has 2 nitrogen and oxygen atoms in total. The first kappa shape index (κ1) is 12.5. The van der Waals surface area contributed by atoms with Gasteiger partial charge in [-0.15, -0.1) is 4.68 Å². The average molecular weight is 211 g/mol. The zero-order valence-corrected chi connectivity index (χ0v) is 10.8. The highest BCUT2D eigenvalue weighted by atomic mass is 15.4. The van der Waals surface area contributed by atoms with Gasteiger partial charge in [0.2, 0.25) is 0 Å². The molecule has 0 aromatic carbocycles. The van der Waals surface area contributed by atoms with Gasteiger partial charge in [-0.05, 0) is 24.7 Å². The van der Waals surface area contributed by atoms with Crippen LogP contribution in [0.25, 0.3) is 0 Å². The van der Waals surface area contributed by atoms with Gasteiger partial charge in [0.15, 0.2) is 13.3 Å². The Kier molecular flexibility index (Phi) is 4.62. The maximum atomic E-state index is 3.45. The minimum atomic E-state index is 0.545. The number of hydrogen-bond donors (Lipinski definition) is 1. The summed E-state index contributed by atoms with van der Waals surface area (Å²) in [4.78, 5) is 0. The molecule has 0 amide bonds. The van der Waals surface area contributed by atoms with Crippen molar-refractivity contribution in [1.29, 1.82) is 0 Å². The Morgan fingerprint density at radius 2 is 2.13 bits per heavy atom. The van der Waals surface area contributed by atoms with E-state index in [1.165, 1.54) is 38.5 Å². The third-order valence-corrected chi connectivity index (χ3v) is 3.38. The highest BCUT2D eigenvalue weighted by Gasteiger charge is 2.21. The maximum Gasteiger partial charge on any atom is 0.171 e. The molecule has 1 aliphatic heterocycles. The normalized spacial score (nSPS) is 21.3. The van der Waals surface area contributed by atoms with Crippen molar-refractivity contribution in [2.75, 3.05) is 7.05 Å². The first-order valence-corrected chi connectivity index (χ1v) is 6.36. The van der Waals surface area contributed by atoms with Crippen molar-refractivity contribution in [3.8, 4) is 0 Å². The van der Waals surface area contributed by atoms with Gasteiger partial charge in [-0.25, -0.2) is 0 Å². The standard InChI is InChI=1S/C13H27N2/c1-5-9-13(2,3)10-6-7-12-8-11-15(4)14-12/h11-12,14H,5-10H2,1-4H3/q+1. The van der Waals surface area contributed by atoms with Gasteiger partial charge < -0.3 is 0 Å². The van der Waals surface area contributed by atoms with Crippen LogP contribution < -0.4 is 5.43 Å². The Balaban J connectivity index is 2.11. The lowest BCUT2D eigenvalue weighted by Crippen LogP contribution is -2.29. The van der Waals surface area contributed by atoms with E-state index in [-0.39, 0.29) is 0 Å². The topological polar surface area (TPSA) is 15.0 Å². The van der Waals surface area contributed by atoms with Crippen molar-refractivity contribution in [2.45, 2.75) is 65.3 Å². The van der Waals surface area contributed by atoms with E-state index in [0.29, 0.717) is 11.5 Å². The molecule has 2 heteroatoms. The van der Waals surface area contributed by atoms with E-state index in [0.717, 1.165) is 0 Å². The lowest BCUT2D eigenvalue weighted by atomic mass is 9.82. The van der Waals surface area contributed by atoms with Gasteiger partial charge in [0.25, 0.3) is 0 Å². The number of rotatable bonds is 6. The molecule has 15 heavy (non-hydrogen) atoms. The number of hydrazine groups is 1. The molecule has 0 radical (unpaired) electrons. The number of hydrazone groups is 1. The molecule has 1 aliphatic rings. The van der Waals surface area contributed by atoms with Crippen molar-refractivity contribution < 1.29 is 4.68 Å². The summed E-state index contributed by atoms with van der Waals surface area (Å²) in [5.74, 6) is 0. The SMILES string of the molecule is CCCC(C)(C)CCCC1CC=[N+](C)N1. The van der Waals surface area contributed by atoms with Crippen LogP contribution in [0.3, 0.4) is 0 Å². The van der Waals surface area contributed by atoms with E-state index >= 15 is 0 Å². The van der Waals surface area contributed by atoms with Crippen molar-refractivity contribution in [2.24, 2.45) is 5.41 Å². The summed E-state index contributed by atoms with van der Waals surface area (Å²) in [5.41, 5.74) is 3.99. The lowest BCUT2D eigenvalue weighted by Gasteiger charge is -2.24. The molecule has 88 valence electrons. The van der Waals surface area contributed by atoms with Gasteiger partial charge in [-0.3, -0.25) is 0 Å². The van der Waals surface area contributed by atoms with Gasteiger partial charge in [0.05, 0.1) is 12.5 Å². The van der Waals surface area contributed by atoms with Crippen LogP contribution in [0.1, 0.15) is 59.3 Å². The molecule has 1 N–H and O–H groups in total. The summed E-state index contributed by atoms with van der Waals surface area (Å²) in [6, 6.07) is 0.687. The van der Waals surface area contributed by atoms with Crippen LogP contribution in [0, 0.1) is 5.41 Å². The molecule has 1 heterocycles. The molecular weight excluding hydrogens is 184 g/mol. The summed E-state index contributed by atoms with van der Waals surface area (Å²) >= 11 is 0. The molecule has 1 atom stereocenters. The van der Waals surface area contributed by atoms with Crippen LogP contribution in [0.2, 0.25) is 0 Å². The zero-order valence-electron chi connectivity index (χ0n) is 10.8. The van der Waals surface area contributed by atoms with Crippen LogP contribution in [0.4, 0.5) is 0 Å². The number of nitrogens with one attached hydrogen (secondary N) is 1. The molecule has 0 bridgehead atoms. The molecule has 0 aliphatic carbocycles. The summed E-state index contributed by atoms with van der Waals surface area (Å²) < 4.78 is 2.10. The van der Waals surface area contributed by atoms with E-state index in [2.05, 4.69) is 44.1 Å². The fourth-order valence-corrected chi connectivity index (χ4v) is 2.49. The largest absolute Gasteiger partial charge is 0.195 e. The molecule has 0 fully saturated rings.